The van der Waals surface area contributed by atoms with E-state index in [2.05, 4.69) is 10.3 Å². The van der Waals surface area contributed by atoms with E-state index in [-0.39, 0.29) is 13.0 Å². The minimum absolute atomic E-state index is 0.0246. The molecular formula is C12H17N3O4S. The summed E-state index contributed by atoms with van der Waals surface area (Å²) < 4.78 is 0. The van der Waals surface area contributed by atoms with Crippen LogP contribution in [0.2, 0.25) is 0 Å². The van der Waals surface area contributed by atoms with E-state index in [9.17, 15) is 14.7 Å². The Morgan fingerprint density at radius 1 is 1.55 bits per heavy atom. The number of likely N-dealkylation sites (tertiary alicyclic amines) is 1. The van der Waals surface area contributed by atoms with Gasteiger partial charge in [0.25, 0.3) is 0 Å². The van der Waals surface area contributed by atoms with Crippen LogP contribution in [0.4, 0.5) is 4.79 Å². The van der Waals surface area contributed by atoms with Gasteiger partial charge in [0.1, 0.15) is 11.0 Å². The van der Waals surface area contributed by atoms with E-state index in [1.807, 2.05) is 5.38 Å². The molecule has 0 aliphatic carbocycles. The quantitative estimate of drug-likeness (QED) is 0.758. The smallest absolute Gasteiger partial charge is 0.326 e. The van der Waals surface area contributed by atoms with Gasteiger partial charge in [-0.05, 0) is 13.8 Å². The lowest BCUT2D eigenvalue weighted by molar-refractivity contribution is -0.141. The summed E-state index contributed by atoms with van der Waals surface area (Å²) in [5.74, 6) is -1.11. The van der Waals surface area contributed by atoms with E-state index in [0.717, 1.165) is 9.91 Å². The summed E-state index contributed by atoms with van der Waals surface area (Å²) in [6.07, 6.45) is 0.901. The first-order valence-corrected chi connectivity index (χ1v) is 7.09. The highest BCUT2D eigenvalue weighted by molar-refractivity contribution is 7.09. The molecule has 0 spiro atoms. The van der Waals surface area contributed by atoms with Gasteiger partial charge in [0, 0.05) is 24.5 Å². The van der Waals surface area contributed by atoms with Gasteiger partial charge >= 0.3 is 12.0 Å². The monoisotopic (exact) mass is 299 g/mol. The minimum atomic E-state index is -1.11. The highest BCUT2D eigenvalue weighted by atomic mass is 32.1. The molecule has 3 N–H and O–H groups in total. The second-order valence-electron chi connectivity index (χ2n) is 5.29. The number of carboxylic acid groups (broad SMARTS) is 1. The molecule has 1 fully saturated rings. The molecule has 2 heterocycles. The van der Waals surface area contributed by atoms with Gasteiger partial charge in [0.2, 0.25) is 0 Å². The van der Waals surface area contributed by atoms with Gasteiger partial charge in [-0.3, -0.25) is 0 Å². The number of rotatable bonds is 3. The fourth-order valence-corrected chi connectivity index (χ4v) is 2.92. The van der Waals surface area contributed by atoms with Gasteiger partial charge < -0.3 is 20.4 Å². The number of carboxylic acids is 1. The fraction of sp³-hybridized carbons (Fsp3) is 0.583. The summed E-state index contributed by atoms with van der Waals surface area (Å²) in [7, 11) is 0. The number of thiazole rings is 1. The number of aliphatic hydroxyl groups excluding tert-OH is 1. The number of nitrogens with one attached hydrogen (secondary N) is 1. The standard InChI is InChI=1S/C12H17N3O4S/c1-12(2,10-13-3-4-20-10)14-11(19)15-6-7(16)5-8(15)9(17)18/h3-4,7-8,16H,5-6H2,1-2H3,(H,14,19)(H,17,18)/t7?,8-/m0/s1. The van der Waals surface area contributed by atoms with Crippen molar-refractivity contribution in [3.63, 3.8) is 0 Å². The zero-order valence-corrected chi connectivity index (χ0v) is 12.1. The first-order chi connectivity index (χ1) is 9.31. The van der Waals surface area contributed by atoms with Crippen LogP contribution in [0, 0.1) is 0 Å². The molecule has 110 valence electrons. The first-order valence-electron chi connectivity index (χ1n) is 6.21. The number of amides is 2. The number of aliphatic hydroxyl groups is 1. The zero-order chi connectivity index (χ0) is 14.9. The van der Waals surface area contributed by atoms with E-state index in [1.165, 1.54) is 11.3 Å². The molecule has 8 heteroatoms. The average Bonchev–Trinajstić information content (AvgIpc) is 2.96. The van der Waals surface area contributed by atoms with Gasteiger partial charge in [-0.2, -0.15) is 0 Å². The Morgan fingerprint density at radius 2 is 2.25 bits per heavy atom. The van der Waals surface area contributed by atoms with Gasteiger partial charge in [-0.25, -0.2) is 14.6 Å². The molecule has 20 heavy (non-hydrogen) atoms. The fourth-order valence-electron chi connectivity index (χ4n) is 2.20. The van der Waals surface area contributed by atoms with Crippen molar-refractivity contribution in [3.05, 3.63) is 16.6 Å². The third-order valence-electron chi connectivity index (χ3n) is 3.21. The van der Waals surface area contributed by atoms with Crippen LogP contribution in [0.15, 0.2) is 11.6 Å². The molecule has 1 aliphatic heterocycles. The largest absolute Gasteiger partial charge is 0.480 e. The summed E-state index contributed by atoms with van der Waals surface area (Å²) in [6.45, 7) is 3.62. The highest BCUT2D eigenvalue weighted by Gasteiger charge is 2.40. The number of hydrogen-bond acceptors (Lipinski definition) is 5. The topological polar surface area (TPSA) is 103 Å². The maximum Gasteiger partial charge on any atom is 0.326 e. The molecule has 1 aromatic heterocycles. The summed E-state index contributed by atoms with van der Waals surface area (Å²) in [5.41, 5.74) is -0.693. The summed E-state index contributed by atoms with van der Waals surface area (Å²) in [6, 6.07) is -1.49. The highest BCUT2D eigenvalue weighted by Crippen LogP contribution is 2.24. The van der Waals surface area contributed by atoms with Crippen molar-refractivity contribution in [1.29, 1.82) is 0 Å². The Bertz CT molecular complexity index is 503. The van der Waals surface area contributed by atoms with E-state index in [1.54, 1.807) is 20.0 Å². The van der Waals surface area contributed by atoms with Crippen LogP contribution in [0.1, 0.15) is 25.3 Å². The van der Waals surface area contributed by atoms with Crippen LogP contribution >= 0.6 is 11.3 Å². The number of aliphatic carboxylic acids is 1. The molecule has 0 bridgehead atoms. The minimum Gasteiger partial charge on any atom is -0.480 e. The molecule has 2 atom stereocenters. The van der Waals surface area contributed by atoms with Crippen molar-refractivity contribution in [2.75, 3.05) is 6.54 Å². The molecular weight excluding hydrogens is 282 g/mol. The maximum absolute atomic E-state index is 12.2. The third-order valence-corrected chi connectivity index (χ3v) is 4.31. The van der Waals surface area contributed by atoms with Crippen LogP contribution < -0.4 is 5.32 Å². The Hall–Kier alpha value is -1.67. The predicted octanol–water partition coefficient (Wildman–Crippen LogP) is 0.608. The molecule has 1 aromatic rings. The van der Waals surface area contributed by atoms with Crippen LogP contribution in [0.3, 0.4) is 0 Å². The van der Waals surface area contributed by atoms with Crippen LogP contribution in [0.25, 0.3) is 0 Å². The van der Waals surface area contributed by atoms with E-state index < -0.39 is 29.7 Å². The second kappa shape index (κ2) is 5.37. The van der Waals surface area contributed by atoms with Crippen molar-refractivity contribution in [1.82, 2.24) is 15.2 Å². The van der Waals surface area contributed by atoms with Crippen LogP contribution in [0.5, 0.6) is 0 Å². The molecule has 0 saturated carbocycles. The van der Waals surface area contributed by atoms with Gasteiger partial charge in [-0.15, -0.1) is 11.3 Å². The molecule has 0 aromatic carbocycles. The Balaban J connectivity index is 2.10. The molecule has 7 nitrogen and oxygen atoms in total. The molecule has 2 amide bonds. The van der Waals surface area contributed by atoms with Gasteiger partial charge in [-0.1, -0.05) is 0 Å². The van der Waals surface area contributed by atoms with Gasteiger partial charge in [0.05, 0.1) is 11.6 Å². The number of urea groups is 1. The Kier molecular flexibility index (Phi) is 3.96. The third kappa shape index (κ3) is 2.91. The molecule has 1 saturated heterocycles. The average molecular weight is 299 g/mol. The summed E-state index contributed by atoms with van der Waals surface area (Å²) in [4.78, 5) is 28.7. The Morgan fingerprint density at radius 3 is 2.80 bits per heavy atom. The first kappa shape index (κ1) is 14.7. The van der Waals surface area contributed by atoms with Crippen molar-refractivity contribution >= 4 is 23.3 Å². The normalized spacial score (nSPS) is 22.9. The SMILES string of the molecule is CC(C)(NC(=O)N1CC(O)C[C@H]1C(=O)O)c1nccs1. The molecule has 2 rings (SSSR count). The molecule has 1 aliphatic rings. The maximum atomic E-state index is 12.2. The number of hydrogen-bond donors (Lipinski definition) is 3. The summed E-state index contributed by atoms with van der Waals surface area (Å²) in [5, 5.41) is 24.0. The van der Waals surface area contributed by atoms with E-state index in [4.69, 9.17) is 5.11 Å². The van der Waals surface area contributed by atoms with Crippen LogP contribution in [-0.4, -0.2) is 50.8 Å². The zero-order valence-electron chi connectivity index (χ0n) is 11.2. The summed E-state index contributed by atoms with van der Waals surface area (Å²) >= 11 is 1.41. The van der Waals surface area contributed by atoms with Crippen molar-refractivity contribution in [2.45, 2.75) is 38.0 Å². The Labute approximate surface area is 120 Å². The number of carbonyl (C=O) groups excluding carboxylic acids is 1. The van der Waals surface area contributed by atoms with Crippen LogP contribution in [-0.2, 0) is 10.3 Å². The van der Waals surface area contributed by atoms with Crippen molar-refractivity contribution < 1.29 is 19.8 Å². The number of nitrogens with zero attached hydrogens (tertiary/aromatic N) is 2. The van der Waals surface area contributed by atoms with Crippen molar-refractivity contribution in [2.24, 2.45) is 0 Å². The number of carbonyl (C=O) groups is 2. The molecule has 1 unspecified atom stereocenters. The number of β-amino-alcohol motifs (C(OH)–C–C–N with tert-alkyl or cyclic N) is 1. The van der Waals surface area contributed by atoms with E-state index in [0.29, 0.717) is 0 Å². The van der Waals surface area contributed by atoms with Crippen molar-refractivity contribution in [3.8, 4) is 0 Å². The van der Waals surface area contributed by atoms with E-state index >= 15 is 0 Å². The lowest BCUT2D eigenvalue weighted by atomic mass is 10.1. The predicted molar refractivity (Wildman–Crippen MR) is 72.4 cm³/mol. The molecule has 0 radical (unpaired) electrons. The lowest BCUT2D eigenvalue weighted by Gasteiger charge is -2.29. The van der Waals surface area contributed by atoms with Gasteiger partial charge in [0.15, 0.2) is 0 Å². The number of aromatic nitrogens is 1. The second-order valence-corrected chi connectivity index (χ2v) is 6.18. The lowest BCUT2D eigenvalue weighted by Crippen LogP contribution is -2.51.